The van der Waals surface area contributed by atoms with Crippen molar-refractivity contribution in [1.82, 2.24) is 10.3 Å². The molecule has 3 heterocycles. The lowest BCUT2D eigenvalue weighted by Crippen LogP contribution is -2.35. The largest absolute Gasteiger partial charge is 0.455 e. The molecular weight excluding hydrogens is 466 g/mol. The number of benzene rings is 1. The van der Waals surface area contributed by atoms with Gasteiger partial charge < -0.3 is 9.47 Å². The van der Waals surface area contributed by atoms with E-state index in [1.165, 1.54) is 11.8 Å². The van der Waals surface area contributed by atoms with Gasteiger partial charge in [0.25, 0.3) is 0 Å². The first-order chi connectivity index (χ1) is 13.2. The van der Waals surface area contributed by atoms with Gasteiger partial charge in [0.05, 0.1) is 6.20 Å². The maximum absolute atomic E-state index is 12.2. The molecule has 1 atom stereocenters. The number of rotatable bonds is 0. The van der Waals surface area contributed by atoms with E-state index in [9.17, 15) is 4.79 Å². The molecule has 0 aliphatic carbocycles. The van der Waals surface area contributed by atoms with Crippen molar-refractivity contribution in [3.8, 4) is 11.5 Å². The van der Waals surface area contributed by atoms with Gasteiger partial charge in [-0.05, 0) is 45.0 Å². The molecule has 2 aromatic rings. The summed E-state index contributed by atoms with van der Waals surface area (Å²) in [7, 11) is 0. The van der Waals surface area contributed by atoms with Crippen LogP contribution in [0.5, 0.6) is 11.5 Å². The van der Waals surface area contributed by atoms with E-state index in [0.717, 1.165) is 15.6 Å². The highest BCUT2D eigenvalue weighted by Gasteiger charge is 2.47. The molecule has 1 aromatic heterocycles. The van der Waals surface area contributed by atoms with Crippen molar-refractivity contribution < 1.29 is 14.3 Å². The third kappa shape index (κ3) is 3.60. The highest BCUT2D eigenvalue weighted by molar-refractivity contribution is 9.10. The van der Waals surface area contributed by atoms with Gasteiger partial charge in [0.1, 0.15) is 22.0 Å². The average molecular weight is 483 g/mol. The Morgan fingerprint density at radius 1 is 1.32 bits per heavy atom. The van der Waals surface area contributed by atoms with Crippen LogP contribution in [-0.2, 0) is 10.3 Å². The first kappa shape index (κ1) is 19.5. The molecule has 1 spiro atoms. The number of thioether (sulfide) groups is 1. The number of amides is 1. The number of carbonyl (C=O) groups excluding carboxylic acids is 1. The number of hydrogen-bond acceptors (Lipinski definition) is 6. The van der Waals surface area contributed by atoms with Crippen LogP contribution in [0.25, 0.3) is 0 Å². The fourth-order valence-electron chi connectivity index (χ4n) is 3.14. The van der Waals surface area contributed by atoms with Crippen LogP contribution in [0.2, 0.25) is 5.15 Å². The fraction of sp³-hybridized carbons (Fsp3) is 0.316. The molecule has 6 nitrogen and oxygen atoms in total. The van der Waals surface area contributed by atoms with E-state index in [-0.39, 0.29) is 0 Å². The van der Waals surface area contributed by atoms with Crippen LogP contribution in [0.4, 0.5) is 4.79 Å². The summed E-state index contributed by atoms with van der Waals surface area (Å²) >= 11 is 11.1. The number of hydrogen-bond donors (Lipinski definition) is 1. The number of halogens is 2. The molecule has 4 rings (SSSR count). The summed E-state index contributed by atoms with van der Waals surface area (Å²) in [6, 6.07) is 7.54. The minimum absolute atomic E-state index is 0.355. The van der Waals surface area contributed by atoms with Gasteiger partial charge in [-0.2, -0.15) is 0 Å². The number of alkyl carbamates (subject to hydrolysis) is 1. The van der Waals surface area contributed by atoms with Gasteiger partial charge in [0.15, 0.2) is 10.9 Å². The number of nitrogens with zero attached hydrogens (tertiary/aromatic N) is 2. The Balaban J connectivity index is 1.78. The summed E-state index contributed by atoms with van der Waals surface area (Å²) in [5.41, 5.74) is 0.374. The Morgan fingerprint density at radius 3 is 2.82 bits per heavy atom. The van der Waals surface area contributed by atoms with E-state index in [4.69, 9.17) is 26.1 Å². The predicted octanol–water partition coefficient (Wildman–Crippen LogP) is 5.47. The van der Waals surface area contributed by atoms with Crippen LogP contribution in [0.1, 0.15) is 31.9 Å². The van der Waals surface area contributed by atoms with Gasteiger partial charge in [-0.1, -0.05) is 39.3 Å². The first-order valence-electron chi connectivity index (χ1n) is 8.53. The minimum Gasteiger partial charge on any atom is -0.455 e. The summed E-state index contributed by atoms with van der Waals surface area (Å²) in [5, 5.41) is 3.59. The van der Waals surface area contributed by atoms with Crippen molar-refractivity contribution in [3.05, 3.63) is 51.2 Å². The van der Waals surface area contributed by atoms with E-state index < -0.39 is 17.2 Å². The number of amidine groups is 1. The molecule has 1 amide bonds. The lowest BCUT2D eigenvalue weighted by molar-refractivity contribution is 0.0564. The second kappa shape index (κ2) is 6.93. The molecule has 0 radical (unpaired) electrons. The van der Waals surface area contributed by atoms with Crippen molar-refractivity contribution >= 4 is 50.6 Å². The number of aliphatic imine (C=N–C) groups is 1. The summed E-state index contributed by atoms with van der Waals surface area (Å²) < 4.78 is 12.3. The third-order valence-corrected chi connectivity index (χ3v) is 5.93. The van der Waals surface area contributed by atoms with Crippen molar-refractivity contribution in [2.45, 2.75) is 31.9 Å². The minimum atomic E-state index is -0.742. The summed E-state index contributed by atoms with van der Waals surface area (Å²) in [5.74, 6) is 1.88. The van der Waals surface area contributed by atoms with Crippen molar-refractivity contribution in [1.29, 1.82) is 0 Å². The number of carbonyl (C=O) groups is 1. The van der Waals surface area contributed by atoms with Crippen molar-refractivity contribution in [2.24, 2.45) is 4.99 Å². The molecular formula is C19H17BrClN3O3S. The van der Waals surface area contributed by atoms with Gasteiger partial charge in [0, 0.05) is 21.4 Å². The zero-order valence-corrected chi connectivity index (χ0v) is 18.5. The first-order valence-corrected chi connectivity index (χ1v) is 10.7. The normalized spacial score (nSPS) is 20.1. The molecule has 2 aliphatic rings. The zero-order chi connectivity index (χ0) is 20.1. The Kier molecular flexibility index (Phi) is 4.84. The molecule has 0 bridgehead atoms. The van der Waals surface area contributed by atoms with Crippen LogP contribution < -0.4 is 10.1 Å². The SMILES string of the molecule is CC(C)(C)OC(=O)NC1=N[C@@]2(CS1)c1cc(Br)ccc1Oc1cnc(Cl)cc12. The third-order valence-electron chi connectivity index (χ3n) is 4.20. The molecule has 2 aliphatic heterocycles. The number of pyridine rings is 1. The highest BCUT2D eigenvalue weighted by Crippen LogP contribution is 2.53. The van der Waals surface area contributed by atoms with E-state index in [1.807, 2.05) is 39.0 Å². The van der Waals surface area contributed by atoms with E-state index >= 15 is 0 Å². The topological polar surface area (TPSA) is 72.8 Å². The maximum Gasteiger partial charge on any atom is 0.413 e. The van der Waals surface area contributed by atoms with Crippen LogP contribution in [-0.4, -0.2) is 27.6 Å². The standard InChI is InChI=1S/C19H17BrClN3O3S/c1-18(2,3)27-17(25)23-16-24-19(9-28-16)11-6-10(20)4-5-13(11)26-14-8-22-15(21)7-12(14)19/h4-8H,9H2,1-3H3,(H,23,24,25)/t19-/m0/s1. The molecule has 0 fully saturated rings. The monoisotopic (exact) mass is 481 g/mol. The van der Waals surface area contributed by atoms with Crippen LogP contribution in [0.15, 0.2) is 39.9 Å². The van der Waals surface area contributed by atoms with Crippen LogP contribution in [0, 0.1) is 0 Å². The number of ether oxygens (including phenoxy) is 2. The molecule has 1 N–H and O–H groups in total. The number of aromatic nitrogens is 1. The van der Waals surface area contributed by atoms with Crippen molar-refractivity contribution in [2.75, 3.05) is 5.75 Å². The zero-order valence-electron chi connectivity index (χ0n) is 15.4. The molecule has 0 unspecified atom stereocenters. The van der Waals surface area contributed by atoms with Crippen LogP contribution in [0.3, 0.4) is 0 Å². The maximum atomic E-state index is 12.2. The summed E-state index contributed by atoms with van der Waals surface area (Å²) in [6.07, 6.45) is 1.06. The number of fused-ring (bicyclic) bond motifs is 4. The smallest absolute Gasteiger partial charge is 0.413 e. The average Bonchev–Trinajstić information content (AvgIpc) is 2.99. The molecule has 0 saturated heterocycles. The summed E-state index contributed by atoms with van der Waals surface area (Å²) in [4.78, 5) is 21.2. The predicted molar refractivity (Wildman–Crippen MR) is 114 cm³/mol. The molecule has 0 saturated carbocycles. The second-order valence-corrected chi connectivity index (χ2v) is 9.71. The van der Waals surface area contributed by atoms with E-state index in [0.29, 0.717) is 27.6 Å². The highest BCUT2D eigenvalue weighted by atomic mass is 79.9. The van der Waals surface area contributed by atoms with Crippen molar-refractivity contribution in [3.63, 3.8) is 0 Å². The Labute approximate surface area is 180 Å². The lowest BCUT2D eigenvalue weighted by atomic mass is 9.83. The molecule has 9 heteroatoms. The molecule has 28 heavy (non-hydrogen) atoms. The van der Waals surface area contributed by atoms with E-state index in [2.05, 4.69) is 26.2 Å². The Hall–Kier alpha value is -1.77. The van der Waals surface area contributed by atoms with Gasteiger partial charge >= 0.3 is 6.09 Å². The molecule has 146 valence electrons. The fourth-order valence-corrected chi connectivity index (χ4v) is 4.76. The van der Waals surface area contributed by atoms with Gasteiger partial charge in [-0.15, -0.1) is 0 Å². The van der Waals surface area contributed by atoms with Crippen LogP contribution >= 0.6 is 39.3 Å². The lowest BCUT2D eigenvalue weighted by Gasteiger charge is -2.34. The second-order valence-electron chi connectivity index (χ2n) is 7.44. The summed E-state index contributed by atoms with van der Waals surface area (Å²) in [6.45, 7) is 5.44. The number of nitrogens with one attached hydrogen (secondary N) is 1. The quantitative estimate of drug-likeness (QED) is 0.504. The Morgan fingerprint density at radius 2 is 2.07 bits per heavy atom. The van der Waals surface area contributed by atoms with Gasteiger partial charge in [-0.3, -0.25) is 5.32 Å². The van der Waals surface area contributed by atoms with Gasteiger partial charge in [0.2, 0.25) is 0 Å². The van der Waals surface area contributed by atoms with E-state index in [1.54, 1.807) is 12.3 Å². The Bertz CT molecular complexity index is 955. The van der Waals surface area contributed by atoms with Gasteiger partial charge in [-0.25, -0.2) is 14.8 Å². The molecule has 1 aromatic carbocycles.